The van der Waals surface area contributed by atoms with Crippen LogP contribution >= 0.6 is 0 Å². The fraction of sp³-hybridized carbons (Fsp3) is 0.853. The maximum atomic E-state index is 12.4. The van der Waals surface area contributed by atoms with E-state index in [-0.39, 0.29) is 31.1 Å². The zero-order valence-electron chi connectivity index (χ0n) is 26.4. The van der Waals surface area contributed by atoms with E-state index in [1.54, 1.807) is 0 Å². The maximum absolute atomic E-state index is 12.4. The molecule has 1 unspecified atom stereocenters. The van der Waals surface area contributed by atoms with E-state index in [4.69, 9.17) is 14.2 Å². The second-order valence-electron chi connectivity index (χ2n) is 11.1. The minimum Gasteiger partial charge on any atom is -0.462 e. The van der Waals surface area contributed by atoms with Crippen LogP contribution in [0.3, 0.4) is 0 Å². The standard InChI is InChI=1S/C34H62O6/c1-4-7-10-13-15-16-17-19-21-24-27-33(36)39-30-31(29-38-32(35)26-23-20-12-9-6-3)40-34(37)28-25-22-18-14-11-8-5-2/h10,13,31H,4-9,11-12,14-30H2,1-3H3/b13-10-. The number of unbranched alkanes of at least 4 members (excludes halogenated alkanes) is 16. The number of carbonyl (C=O) groups excluding carboxylic acids is 3. The second kappa shape index (κ2) is 30.1. The first-order valence-electron chi connectivity index (χ1n) is 16.7. The molecule has 0 heterocycles. The molecule has 0 rings (SSSR count). The molecule has 0 radical (unpaired) electrons. The monoisotopic (exact) mass is 566 g/mol. The fourth-order valence-corrected chi connectivity index (χ4v) is 4.44. The number of hydrogen-bond acceptors (Lipinski definition) is 6. The molecule has 0 N–H and O–H groups in total. The molecular weight excluding hydrogens is 504 g/mol. The first-order valence-corrected chi connectivity index (χ1v) is 16.7. The Bertz CT molecular complexity index is 630. The van der Waals surface area contributed by atoms with E-state index in [0.717, 1.165) is 77.0 Å². The summed E-state index contributed by atoms with van der Waals surface area (Å²) in [6, 6.07) is 0. The normalized spacial score (nSPS) is 12.0. The Labute approximate surface area is 246 Å². The molecule has 6 nitrogen and oxygen atoms in total. The van der Waals surface area contributed by atoms with Crippen molar-refractivity contribution in [2.75, 3.05) is 13.2 Å². The number of rotatable bonds is 29. The SMILES string of the molecule is CCC/C=C\CCCCCCCC(=O)OCC(COC(=O)CCCCCCC)OC(=O)CCCCCCCCC. The Morgan fingerprint density at radius 1 is 0.475 bits per heavy atom. The second-order valence-corrected chi connectivity index (χ2v) is 11.1. The fourth-order valence-electron chi connectivity index (χ4n) is 4.44. The van der Waals surface area contributed by atoms with Crippen molar-refractivity contribution in [1.29, 1.82) is 0 Å². The highest BCUT2D eigenvalue weighted by Crippen LogP contribution is 2.12. The maximum Gasteiger partial charge on any atom is 0.306 e. The van der Waals surface area contributed by atoms with Crippen LogP contribution in [0.5, 0.6) is 0 Å². The summed E-state index contributed by atoms with van der Waals surface area (Å²) >= 11 is 0. The summed E-state index contributed by atoms with van der Waals surface area (Å²) in [5, 5.41) is 0. The Morgan fingerprint density at radius 2 is 0.875 bits per heavy atom. The molecule has 0 aromatic heterocycles. The average Bonchev–Trinajstić information content (AvgIpc) is 2.94. The quantitative estimate of drug-likeness (QED) is 0.0388. The van der Waals surface area contributed by atoms with Gasteiger partial charge in [0.2, 0.25) is 0 Å². The summed E-state index contributed by atoms with van der Waals surface area (Å²) in [7, 11) is 0. The average molecular weight is 567 g/mol. The number of ether oxygens (including phenoxy) is 3. The molecule has 0 aromatic carbocycles. The van der Waals surface area contributed by atoms with Crippen molar-refractivity contribution in [3.05, 3.63) is 12.2 Å². The van der Waals surface area contributed by atoms with E-state index >= 15 is 0 Å². The molecule has 0 aliphatic carbocycles. The molecule has 0 saturated heterocycles. The lowest BCUT2D eigenvalue weighted by Gasteiger charge is -2.18. The van der Waals surface area contributed by atoms with Crippen molar-refractivity contribution >= 4 is 17.9 Å². The molecule has 6 heteroatoms. The lowest BCUT2D eigenvalue weighted by Crippen LogP contribution is -2.30. The zero-order valence-corrected chi connectivity index (χ0v) is 26.4. The summed E-state index contributed by atoms with van der Waals surface area (Å²) in [4.78, 5) is 36.9. The lowest BCUT2D eigenvalue weighted by atomic mass is 10.1. The molecule has 0 saturated carbocycles. The van der Waals surface area contributed by atoms with Crippen molar-refractivity contribution in [3.63, 3.8) is 0 Å². The van der Waals surface area contributed by atoms with E-state index in [1.807, 2.05) is 0 Å². The summed E-state index contributed by atoms with van der Waals surface area (Å²) in [5.41, 5.74) is 0. The van der Waals surface area contributed by atoms with Gasteiger partial charge in [-0.05, 0) is 38.5 Å². The van der Waals surface area contributed by atoms with Crippen LogP contribution in [-0.2, 0) is 28.6 Å². The number of allylic oxidation sites excluding steroid dienone is 2. The first kappa shape index (κ1) is 38.1. The van der Waals surface area contributed by atoms with Gasteiger partial charge < -0.3 is 14.2 Å². The molecular formula is C34H62O6. The highest BCUT2D eigenvalue weighted by Gasteiger charge is 2.19. The summed E-state index contributed by atoms with van der Waals surface area (Å²) < 4.78 is 16.3. The summed E-state index contributed by atoms with van der Waals surface area (Å²) in [5.74, 6) is -0.913. The van der Waals surface area contributed by atoms with Gasteiger partial charge in [0.15, 0.2) is 6.10 Å². The van der Waals surface area contributed by atoms with Crippen molar-refractivity contribution in [1.82, 2.24) is 0 Å². The number of esters is 3. The van der Waals surface area contributed by atoms with Crippen LogP contribution in [0.25, 0.3) is 0 Å². The summed E-state index contributed by atoms with van der Waals surface area (Å²) in [6.07, 6.45) is 26.6. The van der Waals surface area contributed by atoms with Gasteiger partial charge in [0.25, 0.3) is 0 Å². The molecule has 0 bridgehead atoms. The van der Waals surface area contributed by atoms with Crippen LogP contribution < -0.4 is 0 Å². The smallest absolute Gasteiger partial charge is 0.306 e. The zero-order chi connectivity index (χ0) is 29.5. The van der Waals surface area contributed by atoms with Crippen LogP contribution in [0.15, 0.2) is 12.2 Å². The third-order valence-corrected chi connectivity index (χ3v) is 7.00. The molecule has 1 atom stereocenters. The van der Waals surface area contributed by atoms with Gasteiger partial charge in [-0.3, -0.25) is 14.4 Å². The molecule has 0 fully saturated rings. The van der Waals surface area contributed by atoms with Gasteiger partial charge in [-0.15, -0.1) is 0 Å². The van der Waals surface area contributed by atoms with Gasteiger partial charge in [0.05, 0.1) is 0 Å². The van der Waals surface area contributed by atoms with Crippen molar-refractivity contribution in [3.8, 4) is 0 Å². The van der Waals surface area contributed by atoms with Crippen LogP contribution in [0.2, 0.25) is 0 Å². The minimum absolute atomic E-state index is 0.0729. The predicted molar refractivity (Wildman–Crippen MR) is 164 cm³/mol. The van der Waals surface area contributed by atoms with Crippen molar-refractivity contribution in [2.45, 2.75) is 175 Å². The summed E-state index contributed by atoms with van der Waals surface area (Å²) in [6.45, 7) is 6.40. The van der Waals surface area contributed by atoms with E-state index < -0.39 is 6.10 Å². The van der Waals surface area contributed by atoms with Gasteiger partial charge in [0.1, 0.15) is 13.2 Å². The minimum atomic E-state index is -0.759. The van der Waals surface area contributed by atoms with Crippen LogP contribution in [-0.4, -0.2) is 37.2 Å². The highest BCUT2D eigenvalue weighted by atomic mass is 16.6. The van der Waals surface area contributed by atoms with Crippen LogP contribution in [0.1, 0.15) is 168 Å². The molecule has 0 spiro atoms. The van der Waals surface area contributed by atoms with Gasteiger partial charge >= 0.3 is 17.9 Å². The van der Waals surface area contributed by atoms with Crippen LogP contribution in [0, 0.1) is 0 Å². The molecule has 0 aromatic rings. The molecule has 0 aliphatic heterocycles. The Hall–Kier alpha value is -1.85. The largest absolute Gasteiger partial charge is 0.462 e. The first-order chi connectivity index (χ1) is 19.5. The third-order valence-electron chi connectivity index (χ3n) is 7.00. The van der Waals surface area contributed by atoms with Gasteiger partial charge in [-0.1, -0.05) is 123 Å². The van der Waals surface area contributed by atoms with E-state index in [9.17, 15) is 14.4 Å². The Morgan fingerprint density at radius 3 is 1.35 bits per heavy atom. The Kier molecular flexibility index (Phi) is 28.7. The highest BCUT2D eigenvalue weighted by molar-refractivity contribution is 5.71. The number of hydrogen-bond donors (Lipinski definition) is 0. The topological polar surface area (TPSA) is 78.9 Å². The number of carbonyl (C=O) groups is 3. The van der Waals surface area contributed by atoms with E-state index in [2.05, 4.69) is 32.9 Å². The van der Waals surface area contributed by atoms with E-state index in [0.29, 0.717) is 19.3 Å². The van der Waals surface area contributed by atoms with Gasteiger partial charge in [-0.2, -0.15) is 0 Å². The predicted octanol–water partition coefficient (Wildman–Crippen LogP) is 9.57. The van der Waals surface area contributed by atoms with Crippen LogP contribution in [0.4, 0.5) is 0 Å². The third kappa shape index (κ3) is 27.7. The molecule has 40 heavy (non-hydrogen) atoms. The van der Waals surface area contributed by atoms with Crippen molar-refractivity contribution in [2.24, 2.45) is 0 Å². The Balaban J connectivity index is 4.33. The lowest BCUT2D eigenvalue weighted by molar-refractivity contribution is -0.167. The molecule has 234 valence electrons. The van der Waals surface area contributed by atoms with Gasteiger partial charge in [-0.25, -0.2) is 0 Å². The molecule has 0 aliphatic rings. The molecule has 0 amide bonds. The van der Waals surface area contributed by atoms with E-state index in [1.165, 1.54) is 51.4 Å². The van der Waals surface area contributed by atoms with Gasteiger partial charge in [0, 0.05) is 19.3 Å². The van der Waals surface area contributed by atoms with Crippen molar-refractivity contribution < 1.29 is 28.6 Å².